The molecule has 6 N–H and O–H groups in total. The minimum atomic E-state index is -0.671. The Morgan fingerprint density at radius 1 is 1.13 bits per heavy atom. The summed E-state index contributed by atoms with van der Waals surface area (Å²) < 4.78 is 0. The minimum absolute atomic E-state index is 0.0544. The highest BCUT2D eigenvalue weighted by Gasteiger charge is 2.40. The van der Waals surface area contributed by atoms with Gasteiger partial charge in [-0.3, -0.25) is 14.5 Å². The lowest BCUT2D eigenvalue weighted by molar-refractivity contribution is -0.140. The highest BCUT2D eigenvalue weighted by molar-refractivity contribution is 5.89. The Balaban J connectivity index is 1.36. The van der Waals surface area contributed by atoms with Crippen LogP contribution in [0.1, 0.15) is 34.1 Å². The zero-order valence-corrected chi connectivity index (χ0v) is 22.7. The van der Waals surface area contributed by atoms with Crippen LogP contribution in [-0.2, 0) is 9.59 Å². The van der Waals surface area contributed by atoms with Crippen LogP contribution in [0.3, 0.4) is 0 Å². The van der Waals surface area contributed by atoms with E-state index < -0.39 is 17.6 Å². The molecule has 0 radical (unpaired) electrons. The number of nitrogens with one attached hydrogen (secondary N) is 1. The van der Waals surface area contributed by atoms with Gasteiger partial charge < -0.3 is 31.7 Å². The second-order valence-electron chi connectivity index (χ2n) is 11.4. The first-order chi connectivity index (χ1) is 17.9. The van der Waals surface area contributed by atoms with Gasteiger partial charge in [-0.2, -0.15) is 0 Å². The third kappa shape index (κ3) is 6.16. The van der Waals surface area contributed by atoms with Gasteiger partial charge in [0.05, 0.1) is 24.0 Å². The molecule has 0 aliphatic carbocycles. The van der Waals surface area contributed by atoms with E-state index in [1.165, 1.54) is 0 Å². The van der Waals surface area contributed by atoms with Crippen LogP contribution >= 0.6 is 0 Å². The maximum Gasteiger partial charge on any atom is 0.246 e. The fraction of sp³-hybridized carbons (Fsp3) is 0.556. The van der Waals surface area contributed by atoms with Crippen molar-refractivity contribution in [2.75, 3.05) is 55.6 Å². The van der Waals surface area contributed by atoms with Crippen molar-refractivity contribution >= 4 is 29.0 Å². The molecular formula is C27H40N8O3. The number of nitrogens with zero attached hydrogens (tertiary/aromatic N) is 5. The summed E-state index contributed by atoms with van der Waals surface area (Å²) in [6, 6.07) is 8.68. The summed E-state index contributed by atoms with van der Waals surface area (Å²) in [7, 11) is 0. The number of aromatic nitrogens is 2. The highest BCUT2D eigenvalue weighted by Crippen LogP contribution is 2.30. The molecule has 4 rings (SSSR count). The van der Waals surface area contributed by atoms with E-state index in [1.54, 1.807) is 4.90 Å². The molecule has 3 atom stereocenters. The number of amides is 2. The lowest BCUT2D eigenvalue weighted by Gasteiger charge is -2.37. The topological polar surface area (TPSA) is 154 Å². The third-order valence-corrected chi connectivity index (χ3v) is 7.37. The van der Waals surface area contributed by atoms with Crippen LogP contribution in [0.15, 0.2) is 30.3 Å². The summed E-state index contributed by atoms with van der Waals surface area (Å²) in [5.41, 5.74) is 14.7. The molecule has 3 heterocycles. The number of piperazine rings is 1. The van der Waals surface area contributed by atoms with E-state index in [0.717, 1.165) is 11.3 Å². The van der Waals surface area contributed by atoms with Crippen molar-refractivity contribution in [2.24, 2.45) is 5.41 Å². The van der Waals surface area contributed by atoms with E-state index in [-0.39, 0.29) is 24.4 Å². The molecule has 1 aromatic heterocycles. The predicted octanol–water partition coefficient (Wildman–Crippen LogP) is 0.943. The van der Waals surface area contributed by atoms with Gasteiger partial charge in [0.15, 0.2) is 5.82 Å². The fourth-order valence-electron chi connectivity index (χ4n) is 5.19. The maximum atomic E-state index is 13.3. The van der Waals surface area contributed by atoms with E-state index in [4.69, 9.17) is 11.5 Å². The van der Waals surface area contributed by atoms with E-state index in [1.807, 2.05) is 58.0 Å². The first-order valence-corrected chi connectivity index (χ1v) is 13.2. The summed E-state index contributed by atoms with van der Waals surface area (Å²) in [5, 5.41) is 21.4. The number of hydrogen-bond acceptors (Lipinski definition) is 9. The molecule has 11 nitrogen and oxygen atoms in total. The van der Waals surface area contributed by atoms with Gasteiger partial charge in [0.2, 0.25) is 11.8 Å². The van der Waals surface area contributed by atoms with Gasteiger partial charge in [-0.1, -0.05) is 39.0 Å². The number of benzene rings is 1. The van der Waals surface area contributed by atoms with Crippen molar-refractivity contribution in [1.29, 1.82) is 0 Å². The summed E-state index contributed by atoms with van der Waals surface area (Å²) >= 11 is 0. The van der Waals surface area contributed by atoms with Gasteiger partial charge >= 0.3 is 0 Å². The Morgan fingerprint density at radius 2 is 1.82 bits per heavy atom. The van der Waals surface area contributed by atoms with Crippen LogP contribution in [0.2, 0.25) is 0 Å². The molecule has 0 unspecified atom stereocenters. The Hall–Kier alpha value is -3.44. The normalized spacial score (nSPS) is 21.4. The van der Waals surface area contributed by atoms with Crippen LogP contribution in [0.25, 0.3) is 11.3 Å². The number of carbonyl (C=O) groups excluding carboxylic acids is 2. The molecule has 0 saturated carbocycles. The van der Waals surface area contributed by atoms with Gasteiger partial charge in [0.25, 0.3) is 0 Å². The molecule has 0 bridgehead atoms. The van der Waals surface area contributed by atoms with Gasteiger partial charge in [0, 0.05) is 50.0 Å². The zero-order chi connectivity index (χ0) is 27.6. The average Bonchev–Trinajstić information content (AvgIpc) is 3.20. The van der Waals surface area contributed by atoms with Crippen LogP contribution in [0, 0.1) is 5.41 Å². The van der Waals surface area contributed by atoms with Crippen molar-refractivity contribution in [3.05, 3.63) is 30.3 Å². The third-order valence-electron chi connectivity index (χ3n) is 7.37. The second-order valence-corrected chi connectivity index (χ2v) is 11.4. The number of rotatable bonds is 6. The van der Waals surface area contributed by atoms with Crippen molar-refractivity contribution in [3.63, 3.8) is 0 Å². The molecule has 2 amide bonds. The van der Waals surface area contributed by atoms with Crippen molar-refractivity contribution in [1.82, 2.24) is 25.3 Å². The smallest absolute Gasteiger partial charge is 0.246 e. The highest BCUT2D eigenvalue weighted by atomic mass is 16.3. The molecule has 38 heavy (non-hydrogen) atoms. The summed E-state index contributed by atoms with van der Waals surface area (Å²) in [4.78, 5) is 32.2. The maximum absolute atomic E-state index is 13.3. The molecule has 2 aliphatic rings. The van der Waals surface area contributed by atoms with Crippen LogP contribution in [0.4, 0.5) is 17.2 Å². The molecule has 0 spiro atoms. The lowest BCUT2D eigenvalue weighted by atomic mass is 9.85. The number of nitrogens with two attached hydrogens (primary N) is 2. The van der Waals surface area contributed by atoms with E-state index in [9.17, 15) is 14.7 Å². The molecule has 2 aromatic rings. The van der Waals surface area contributed by atoms with Gasteiger partial charge in [-0.25, -0.2) is 0 Å². The monoisotopic (exact) mass is 524 g/mol. The van der Waals surface area contributed by atoms with E-state index in [2.05, 4.69) is 25.3 Å². The molecule has 1 aromatic carbocycles. The van der Waals surface area contributed by atoms with Gasteiger partial charge in [-0.15, -0.1) is 10.2 Å². The quantitative estimate of drug-likeness (QED) is 0.404. The number of nitrogen functional groups attached to an aromatic ring is 2. The number of aliphatic hydroxyl groups is 1. The van der Waals surface area contributed by atoms with E-state index >= 15 is 0 Å². The Labute approximate surface area is 224 Å². The first-order valence-electron chi connectivity index (χ1n) is 13.2. The summed E-state index contributed by atoms with van der Waals surface area (Å²) in [6.45, 7) is 10.9. The molecule has 2 aliphatic heterocycles. The number of β-amino-alcohol motifs (C(OH)–C–C–N with tert-alkyl or cyclic N) is 1. The molecule has 206 valence electrons. The number of likely N-dealkylation sites (tertiary alicyclic amines) is 1. The lowest BCUT2D eigenvalue weighted by Crippen LogP contribution is -2.57. The summed E-state index contributed by atoms with van der Waals surface area (Å²) in [6.07, 6.45) is 0.0331. The fourth-order valence-corrected chi connectivity index (χ4v) is 5.19. The Morgan fingerprint density at radius 3 is 2.42 bits per heavy atom. The molecular weight excluding hydrogens is 484 g/mol. The summed E-state index contributed by atoms with van der Waals surface area (Å²) in [5.74, 6) is 0.0172. The average molecular weight is 525 g/mol. The van der Waals surface area contributed by atoms with Crippen molar-refractivity contribution < 1.29 is 14.7 Å². The molecule has 11 heteroatoms. The van der Waals surface area contributed by atoms with Gasteiger partial charge in [0.1, 0.15) is 6.04 Å². The minimum Gasteiger partial charge on any atom is -0.398 e. The number of hydrogen-bond donors (Lipinski definition) is 4. The number of anilines is 3. The number of aliphatic hydroxyl groups excluding tert-OH is 1. The molecule has 2 fully saturated rings. The van der Waals surface area contributed by atoms with Crippen LogP contribution in [-0.4, -0.2) is 94.4 Å². The first kappa shape index (κ1) is 27.6. The van der Waals surface area contributed by atoms with Crippen molar-refractivity contribution in [2.45, 2.75) is 52.3 Å². The van der Waals surface area contributed by atoms with E-state index in [0.29, 0.717) is 56.3 Å². The zero-order valence-electron chi connectivity index (χ0n) is 22.7. The van der Waals surface area contributed by atoms with Crippen LogP contribution in [0.5, 0.6) is 0 Å². The number of carbonyl (C=O) groups is 2. The van der Waals surface area contributed by atoms with Gasteiger partial charge in [-0.05, 0) is 30.9 Å². The standard InChI is InChI=1S/C27H40N8O3/c1-17-13-18(36)15-35(17)26(38)24(27(2,3)4)30-23(37)16-33-9-11-34(12-10-33)22-14-21(31-32-25(22)29)19-7-5-6-8-20(19)28/h5-8,14,17-18,24,36H,9-13,15-16,28H2,1-4H3,(H2,29,32)(H,30,37)/t17-,18-,24-/m1/s1. The molecule has 2 saturated heterocycles. The van der Waals surface area contributed by atoms with Crippen molar-refractivity contribution in [3.8, 4) is 11.3 Å². The Bertz CT molecular complexity index is 1160. The second kappa shape index (κ2) is 11.1. The largest absolute Gasteiger partial charge is 0.398 e. The Kier molecular flexibility index (Phi) is 8.08. The predicted molar refractivity (Wildman–Crippen MR) is 148 cm³/mol. The number of para-hydroxylation sites is 1. The van der Waals surface area contributed by atoms with Crippen LogP contribution < -0.4 is 21.7 Å². The SMILES string of the molecule is C[C@@H]1C[C@@H](O)CN1C(=O)[C@@H](NC(=O)CN1CCN(c2cc(-c3ccccc3N)nnc2N)CC1)C(C)(C)C.